The lowest BCUT2D eigenvalue weighted by Crippen LogP contribution is -2.42. The van der Waals surface area contributed by atoms with E-state index in [1.165, 1.54) is 30.3 Å². The number of non-ortho nitro benzene ring substituents is 1. The predicted molar refractivity (Wildman–Crippen MR) is 105 cm³/mol. The highest BCUT2D eigenvalue weighted by Gasteiger charge is 2.30. The van der Waals surface area contributed by atoms with Gasteiger partial charge < -0.3 is 0 Å². The average molecular weight is 450 g/mol. The summed E-state index contributed by atoms with van der Waals surface area (Å²) in [6.07, 6.45) is -4.62. The van der Waals surface area contributed by atoms with Crippen molar-refractivity contribution in [1.82, 2.24) is 15.8 Å². The second-order valence-electron chi connectivity index (χ2n) is 6.21. The van der Waals surface area contributed by atoms with Crippen LogP contribution in [0.2, 0.25) is 0 Å². The number of nitro groups is 1. The van der Waals surface area contributed by atoms with Gasteiger partial charge in [-0.1, -0.05) is 18.2 Å². The van der Waals surface area contributed by atoms with Crippen LogP contribution in [0.3, 0.4) is 0 Å². The van der Waals surface area contributed by atoms with E-state index in [1.807, 2.05) is 0 Å². The Kier molecular flexibility index (Phi) is 6.30. The maximum absolute atomic E-state index is 12.6. The summed E-state index contributed by atoms with van der Waals surface area (Å²) in [4.78, 5) is 38.4. The van der Waals surface area contributed by atoms with Crippen LogP contribution in [0.1, 0.15) is 21.6 Å². The number of rotatable bonds is 5. The van der Waals surface area contributed by atoms with Gasteiger partial charge in [0.2, 0.25) is 5.91 Å². The molecule has 3 rings (SSSR count). The number of benzene rings is 2. The third-order valence-corrected chi connectivity index (χ3v) is 4.93. The standard InChI is InChI=1S/C19H13F3N4O4S/c20-19(21,22)13-6-4-11(5-7-13)18-23-14(10-31-18)9-16(27)24-25-17(28)12-2-1-3-15(8-12)26(29)30/h1-8,10H,9H2,(H,24,27)(H,25,28). The van der Waals surface area contributed by atoms with E-state index in [-0.39, 0.29) is 17.7 Å². The first kappa shape index (κ1) is 21.9. The van der Waals surface area contributed by atoms with Crippen molar-refractivity contribution < 1.29 is 27.7 Å². The molecule has 31 heavy (non-hydrogen) atoms. The van der Waals surface area contributed by atoms with Crippen molar-refractivity contribution in [2.45, 2.75) is 12.6 Å². The molecule has 0 saturated heterocycles. The van der Waals surface area contributed by atoms with Gasteiger partial charge in [0, 0.05) is 28.6 Å². The van der Waals surface area contributed by atoms with Crippen molar-refractivity contribution in [1.29, 1.82) is 0 Å². The van der Waals surface area contributed by atoms with Gasteiger partial charge in [-0.15, -0.1) is 11.3 Å². The summed E-state index contributed by atoms with van der Waals surface area (Å²) in [5, 5.41) is 12.8. The molecule has 0 saturated carbocycles. The normalized spacial score (nSPS) is 11.1. The molecular weight excluding hydrogens is 437 g/mol. The van der Waals surface area contributed by atoms with E-state index in [4.69, 9.17) is 0 Å². The highest BCUT2D eigenvalue weighted by molar-refractivity contribution is 7.13. The summed E-state index contributed by atoms with van der Waals surface area (Å²) < 4.78 is 37.9. The minimum absolute atomic E-state index is 0.00671. The number of thiazole rings is 1. The summed E-state index contributed by atoms with van der Waals surface area (Å²) in [7, 11) is 0. The predicted octanol–water partition coefficient (Wildman–Crippen LogP) is 3.74. The SMILES string of the molecule is O=C(Cc1csc(-c2ccc(C(F)(F)F)cc2)n1)NNC(=O)c1cccc([N+](=O)[O-])c1. The average Bonchev–Trinajstić information content (AvgIpc) is 3.20. The Morgan fingerprint density at radius 3 is 2.45 bits per heavy atom. The summed E-state index contributed by atoms with van der Waals surface area (Å²) in [6, 6.07) is 9.48. The van der Waals surface area contributed by atoms with Gasteiger partial charge in [0.25, 0.3) is 11.6 Å². The quantitative estimate of drug-likeness (QED) is 0.454. The molecular formula is C19H13F3N4O4S. The first-order chi connectivity index (χ1) is 14.6. The first-order valence-corrected chi connectivity index (χ1v) is 9.47. The minimum Gasteiger partial charge on any atom is -0.273 e. The Morgan fingerprint density at radius 1 is 1.10 bits per heavy atom. The number of nitrogens with one attached hydrogen (secondary N) is 2. The van der Waals surface area contributed by atoms with Crippen LogP contribution in [-0.2, 0) is 17.4 Å². The Morgan fingerprint density at radius 2 is 1.81 bits per heavy atom. The Hall–Kier alpha value is -3.80. The lowest BCUT2D eigenvalue weighted by molar-refractivity contribution is -0.384. The van der Waals surface area contributed by atoms with Crippen LogP contribution in [0, 0.1) is 10.1 Å². The number of hydrogen-bond acceptors (Lipinski definition) is 6. The Balaban J connectivity index is 1.57. The molecule has 0 spiro atoms. The van der Waals surface area contributed by atoms with E-state index >= 15 is 0 Å². The highest BCUT2D eigenvalue weighted by Crippen LogP contribution is 2.31. The Bertz CT molecular complexity index is 1130. The summed E-state index contributed by atoms with van der Waals surface area (Å²) in [5.74, 6) is -1.33. The summed E-state index contributed by atoms with van der Waals surface area (Å²) >= 11 is 1.16. The van der Waals surface area contributed by atoms with Crippen LogP contribution in [0.15, 0.2) is 53.9 Å². The number of carbonyl (C=O) groups excluding carboxylic acids is 2. The van der Waals surface area contributed by atoms with Gasteiger partial charge in [-0.3, -0.25) is 30.6 Å². The molecule has 3 aromatic rings. The molecule has 160 valence electrons. The molecule has 0 aliphatic carbocycles. The van der Waals surface area contributed by atoms with Gasteiger partial charge in [-0.25, -0.2) is 4.98 Å². The van der Waals surface area contributed by atoms with Crippen LogP contribution in [-0.4, -0.2) is 21.7 Å². The number of hydrazine groups is 1. The van der Waals surface area contributed by atoms with Crippen molar-refractivity contribution in [3.8, 4) is 10.6 Å². The number of aromatic nitrogens is 1. The first-order valence-electron chi connectivity index (χ1n) is 8.59. The summed E-state index contributed by atoms with van der Waals surface area (Å²) in [5.41, 5.74) is 4.13. The lowest BCUT2D eigenvalue weighted by Gasteiger charge is -2.07. The van der Waals surface area contributed by atoms with Gasteiger partial charge in [-0.2, -0.15) is 13.2 Å². The van der Waals surface area contributed by atoms with E-state index in [9.17, 15) is 32.9 Å². The molecule has 12 heteroatoms. The molecule has 2 N–H and O–H groups in total. The Labute approximate surface area is 176 Å². The van der Waals surface area contributed by atoms with E-state index in [1.54, 1.807) is 5.38 Å². The molecule has 0 atom stereocenters. The van der Waals surface area contributed by atoms with Crippen LogP contribution >= 0.6 is 11.3 Å². The third-order valence-electron chi connectivity index (χ3n) is 3.99. The van der Waals surface area contributed by atoms with Crippen LogP contribution in [0.25, 0.3) is 10.6 Å². The fraction of sp³-hybridized carbons (Fsp3) is 0.105. The van der Waals surface area contributed by atoms with Gasteiger partial charge in [0.15, 0.2) is 0 Å². The fourth-order valence-corrected chi connectivity index (χ4v) is 3.32. The zero-order chi connectivity index (χ0) is 22.6. The second-order valence-corrected chi connectivity index (χ2v) is 7.06. The number of halogens is 3. The molecule has 2 amide bonds. The van der Waals surface area contributed by atoms with E-state index in [0.29, 0.717) is 16.3 Å². The van der Waals surface area contributed by atoms with Crippen LogP contribution < -0.4 is 10.9 Å². The van der Waals surface area contributed by atoms with Crippen molar-refractivity contribution in [3.05, 3.63) is 80.8 Å². The number of hydrogen-bond donors (Lipinski definition) is 2. The van der Waals surface area contributed by atoms with Gasteiger partial charge in [0.05, 0.1) is 22.6 Å². The van der Waals surface area contributed by atoms with Crippen molar-refractivity contribution >= 4 is 28.8 Å². The van der Waals surface area contributed by atoms with Gasteiger partial charge >= 0.3 is 6.18 Å². The second kappa shape index (κ2) is 8.92. The van der Waals surface area contributed by atoms with Gasteiger partial charge in [0.1, 0.15) is 5.01 Å². The molecule has 8 nitrogen and oxygen atoms in total. The van der Waals surface area contributed by atoms with Crippen molar-refractivity contribution in [2.24, 2.45) is 0 Å². The maximum Gasteiger partial charge on any atom is 0.416 e. The highest BCUT2D eigenvalue weighted by atomic mass is 32.1. The van der Waals surface area contributed by atoms with E-state index < -0.39 is 28.5 Å². The topological polar surface area (TPSA) is 114 Å². The lowest BCUT2D eigenvalue weighted by atomic mass is 10.1. The smallest absolute Gasteiger partial charge is 0.273 e. The molecule has 0 fully saturated rings. The van der Waals surface area contributed by atoms with Crippen molar-refractivity contribution in [2.75, 3.05) is 0 Å². The van der Waals surface area contributed by atoms with Gasteiger partial charge in [-0.05, 0) is 18.2 Å². The zero-order valence-corrected chi connectivity index (χ0v) is 16.3. The molecule has 2 aromatic carbocycles. The van der Waals surface area contributed by atoms with Crippen molar-refractivity contribution in [3.63, 3.8) is 0 Å². The number of alkyl halides is 3. The van der Waals surface area contributed by atoms with Crippen LogP contribution in [0.5, 0.6) is 0 Å². The number of amides is 2. The molecule has 0 radical (unpaired) electrons. The minimum atomic E-state index is -4.43. The number of nitrogens with zero attached hydrogens (tertiary/aromatic N) is 2. The van der Waals surface area contributed by atoms with E-state index in [2.05, 4.69) is 15.8 Å². The summed E-state index contributed by atoms with van der Waals surface area (Å²) in [6.45, 7) is 0. The van der Waals surface area contributed by atoms with Crippen LogP contribution in [0.4, 0.5) is 18.9 Å². The third kappa shape index (κ3) is 5.63. The maximum atomic E-state index is 12.6. The fourth-order valence-electron chi connectivity index (χ4n) is 2.49. The molecule has 1 heterocycles. The molecule has 0 bridgehead atoms. The molecule has 0 aliphatic rings. The monoisotopic (exact) mass is 450 g/mol. The molecule has 0 aliphatic heterocycles. The van der Waals surface area contributed by atoms with E-state index in [0.717, 1.165) is 29.5 Å². The molecule has 0 unspecified atom stereocenters. The zero-order valence-electron chi connectivity index (χ0n) is 15.5. The number of nitro benzene ring substituents is 1. The largest absolute Gasteiger partial charge is 0.416 e. The number of carbonyl (C=O) groups is 2. The molecule has 1 aromatic heterocycles.